The normalized spacial score (nSPS) is 10.7. The molecule has 3 nitrogen and oxygen atoms in total. The summed E-state index contributed by atoms with van der Waals surface area (Å²) in [5.74, 6) is 1.66. The van der Waals surface area contributed by atoms with Crippen molar-refractivity contribution < 1.29 is 4.74 Å². The first kappa shape index (κ1) is 14.1. The number of ether oxygens (including phenoxy) is 1. The Bertz CT molecular complexity index is 331. The number of nitrogens with zero attached hydrogens (tertiary/aromatic N) is 1. The zero-order valence-corrected chi connectivity index (χ0v) is 10.4. The molecule has 0 heterocycles. The van der Waals surface area contributed by atoms with Crippen molar-refractivity contribution in [3.05, 3.63) is 24.3 Å². The molecule has 0 saturated carbocycles. The molecule has 0 radical (unpaired) electrons. The largest absolute Gasteiger partial charge is 0.494 e. The lowest BCUT2D eigenvalue weighted by molar-refractivity contribution is 0.416. The van der Waals surface area contributed by atoms with Gasteiger partial charge in [-0.2, -0.15) is 0 Å². The average Bonchev–Trinajstić information content (AvgIpc) is 2.19. The maximum atomic E-state index is 5.70. The van der Waals surface area contributed by atoms with E-state index in [0.717, 1.165) is 17.2 Å². The van der Waals surface area contributed by atoms with Crippen LogP contribution in [0.25, 0.3) is 0 Å². The lowest BCUT2D eigenvalue weighted by Crippen LogP contribution is -2.05. The molecule has 15 heavy (non-hydrogen) atoms. The Morgan fingerprint density at radius 2 is 2.13 bits per heavy atom. The molecule has 0 saturated heterocycles. The first-order valence-corrected chi connectivity index (χ1v) is 5.36. The number of hydrogen-bond acceptors (Lipinski definition) is 3. The lowest BCUT2D eigenvalue weighted by Gasteiger charge is -2.04. The van der Waals surface area contributed by atoms with Gasteiger partial charge in [-0.15, -0.1) is 12.4 Å². The summed E-state index contributed by atoms with van der Waals surface area (Å²) >= 11 is 1.52. The first-order chi connectivity index (χ1) is 6.77. The SMILES string of the molecule is CCSC(N)=Nc1ccccc1OC.Cl. The van der Waals surface area contributed by atoms with Gasteiger partial charge >= 0.3 is 0 Å². The van der Waals surface area contributed by atoms with E-state index in [1.165, 1.54) is 11.8 Å². The summed E-state index contributed by atoms with van der Waals surface area (Å²) in [7, 11) is 1.62. The van der Waals surface area contributed by atoms with Gasteiger partial charge in [0.1, 0.15) is 11.4 Å². The van der Waals surface area contributed by atoms with Crippen LogP contribution in [0, 0.1) is 0 Å². The molecule has 2 N–H and O–H groups in total. The van der Waals surface area contributed by atoms with Gasteiger partial charge < -0.3 is 10.5 Å². The highest BCUT2D eigenvalue weighted by atomic mass is 35.5. The summed E-state index contributed by atoms with van der Waals surface area (Å²) in [6.07, 6.45) is 0. The van der Waals surface area contributed by atoms with Gasteiger partial charge in [0, 0.05) is 0 Å². The zero-order chi connectivity index (χ0) is 10.4. The van der Waals surface area contributed by atoms with Gasteiger partial charge in [0.05, 0.1) is 7.11 Å². The highest BCUT2D eigenvalue weighted by Crippen LogP contribution is 2.26. The van der Waals surface area contributed by atoms with E-state index in [9.17, 15) is 0 Å². The maximum Gasteiger partial charge on any atom is 0.159 e. The van der Waals surface area contributed by atoms with Gasteiger partial charge in [0.25, 0.3) is 0 Å². The summed E-state index contributed by atoms with van der Waals surface area (Å²) in [4.78, 5) is 4.25. The fourth-order valence-corrected chi connectivity index (χ4v) is 1.48. The topological polar surface area (TPSA) is 47.6 Å². The van der Waals surface area contributed by atoms with Crippen LogP contribution in [-0.2, 0) is 0 Å². The predicted octanol–water partition coefficient (Wildman–Crippen LogP) is 2.82. The molecule has 0 amide bonds. The van der Waals surface area contributed by atoms with Crippen molar-refractivity contribution in [2.24, 2.45) is 10.7 Å². The highest BCUT2D eigenvalue weighted by molar-refractivity contribution is 8.13. The van der Waals surface area contributed by atoms with Crippen molar-refractivity contribution in [1.82, 2.24) is 0 Å². The molecule has 0 spiro atoms. The van der Waals surface area contributed by atoms with E-state index in [1.807, 2.05) is 31.2 Å². The molecule has 0 bridgehead atoms. The fraction of sp³-hybridized carbons (Fsp3) is 0.300. The van der Waals surface area contributed by atoms with Gasteiger partial charge in [-0.3, -0.25) is 0 Å². The van der Waals surface area contributed by atoms with Gasteiger partial charge in [-0.05, 0) is 17.9 Å². The summed E-state index contributed by atoms with van der Waals surface area (Å²) in [6, 6.07) is 7.55. The summed E-state index contributed by atoms with van der Waals surface area (Å²) in [6.45, 7) is 2.04. The van der Waals surface area contributed by atoms with Gasteiger partial charge in [-0.25, -0.2) is 4.99 Å². The van der Waals surface area contributed by atoms with E-state index in [0.29, 0.717) is 5.17 Å². The summed E-state index contributed by atoms with van der Waals surface area (Å²) in [5, 5.41) is 0.567. The van der Waals surface area contributed by atoms with E-state index in [1.54, 1.807) is 7.11 Å². The quantitative estimate of drug-likeness (QED) is 0.659. The van der Waals surface area contributed by atoms with E-state index in [-0.39, 0.29) is 12.4 Å². The molecular weight excluding hydrogens is 232 g/mol. The number of amidine groups is 1. The number of nitrogens with two attached hydrogens (primary N) is 1. The second kappa shape index (κ2) is 7.43. The van der Waals surface area contributed by atoms with Gasteiger partial charge in [-0.1, -0.05) is 30.8 Å². The van der Waals surface area contributed by atoms with Gasteiger partial charge in [0.2, 0.25) is 0 Å². The summed E-state index contributed by atoms with van der Waals surface area (Å²) < 4.78 is 5.15. The van der Waals surface area contributed by atoms with Crippen LogP contribution in [-0.4, -0.2) is 18.0 Å². The molecule has 0 unspecified atom stereocenters. The molecule has 1 aromatic carbocycles. The van der Waals surface area contributed by atoms with Crippen LogP contribution in [0.2, 0.25) is 0 Å². The molecule has 0 atom stereocenters. The number of thioether (sulfide) groups is 1. The number of aliphatic imine (C=N–C) groups is 1. The number of hydrogen-bond donors (Lipinski definition) is 1. The van der Waals surface area contributed by atoms with Crippen molar-refractivity contribution >= 4 is 35.0 Å². The highest BCUT2D eigenvalue weighted by Gasteiger charge is 2.00. The van der Waals surface area contributed by atoms with E-state index in [2.05, 4.69) is 4.99 Å². The third kappa shape index (κ3) is 4.44. The fourth-order valence-electron chi connectivity index (χ4n) is 1.02. The van der Waals surface area contributed by atoms with Crippen LogP contribution < -0.4 is 10.5 Å². The maximum absolute atomic E-state index is 5.70. The van der Waals surface area contributed by atoms with Crippen LogP contribution in [0.4, 0.5) is 5.69 Å². The van der Waals surface area contributed by atoms with E-state index in [4.69, 9.17) is 10.5 Å². The van der Waals surface area contributed by atoms with Crippen molar-refractivity contribution in [1.29, 1.82) is 0 Å². The molecule has 5 heteroatoms. The Morgan fingerprint density at radius 3 is 2.73 bits per heavy atom. The minimum atomic E-state index is 0. The van der Waals surface area contributed by atoms with Crippen molar-refractivity contribution in [3.63, 3.8) is 0 Å². The number of methoxy groups -OCH3 is 1. The minimum absolute atomic E-state index is 0. The number of para-hydroxylation sites is 2. The minimum Gasteiger partial charge on any atom is -0.494 e. The average molecular weight is 247 g/mol. The lowest BCUT2D eigenvalue weighted by atomic mass is 10.3. The first-order valence-electron chi connectivity index (χ1n) is 4.38. The monoisotopic (exact) mass is 246 g/mol. The standard InChI is InChI=1S/C10H14N2OS.ClH/c1-3-14-10(11)12-8-6-4-5-7-9(8)13-2;/h4-7H,3H2,1-2H3,(H2,11,12);1H. The molecule has 84 valence electrons. The molecular formula is C10H15ClN2OS. The Kier molecular flexibility index (Phi) is 6.99. The Labute approximate surface area is 101 Å². The van der Waals surface area contributed by atoms with Crippen molar-refractivity contribution in [2.75, 3.05) is 12.9 Å². The van der Waals surface area contributed by atoms with Crippen LogP contribution >= 0.6 is 24.2 Å². The van der Waals surface area contributed by atoms with Crippen LogP contribution in [0.3, 0.4) is 0 Å². The zero-order valence-electron chi connectivity index (χ0n) is 8.77. The smallest absolute Gasteiger partial charge is 0.159 e. The van der Waals surface area contributed by atoms with E-state index < -0.39 is 0 Å². The molecule has 0 aliphatic heterocycles. The second-order valence-electron chi connectivity index (χ2n) is 2.55. The summed E-state index contributed by atoms with van der Waals surface area (Å²) in [5.41, 5.74) is 6.47. The molecule has 0 aromatic heterocycles. The number of rotatable bonds is 3. The Hall–Kier alpha value is -0.870. The molecule has 1 aromatic rings. The number of halogens is 1. The third-order valence-corrected chi connectivity index (χ3v) is 2.28. The molecule has 1 rings (SSSR count). The van der Waals surface area contributed by atoms with Crippen LogP contribution in [0.5, 0.6) is 5.75 Å². The van der Waals surface area contributed by atoms with E-state index >= 15 is 0 Å². The molecule has 0 aliphatic carbocycles. The molecule has 0 aliphatic rings. The second-order valence-corrected chi connectivity index (χ2v) is 3.84. The molecule has 0 fully saturated rings. The van der Waals surface area contributed by atoms with Crippen LogP contribution in [0.1, 0.15) is 6.92 Å². The Morgan fingerprint density at radius 1 is 1.47 bits per heavy atom. The van der Waals surface area contributed by atoms with Gasteiger partial charge in [0.15, 0.2) is 5.17 Å². The Balaban J connectivity index is 0.00000196. The predicted molar refractivity (Wildman–Crippen MR) is 69.7 cm³/mol. The van der Waals surface area contributed by atoms with Crippen LogP contribution in [0.15, 0.2) is 29.3 Å². The third-order valence-electron chi connectivity index (χ3n) is 1.61. The van der Waals surface area contributed by atoms with Crippen molar-refractivity contribution in [2.45, 2.75) is 6.92 Å². The van der Waals surface area contributed by atoms with Crippen molar-refractivity contribution in [3.8, 4) is 5.75 Å². The number of benzene rings is 1.